The van der Waals surface area contributed by atoms with Crippen LogP contribution in [0.3, 0.4) is 0 Å². The molecule has 0 spiro atoms. The third-order valence-corrected chi connectivity index (χ3v) is 6.03. The first kappa shape index (κ1) is 21.5. The van der Waals surface area contributed by atoms with Crippen molar-refractivity contribution in [2.24, 2.45) is 14.1 Å². The lowest BCUT2D eigenvalue weighted by molar-refractivity contribution is 0.317. The van der Waals surface area contributed by atoms with Crippen LogP contribution in [0.2, 0.25) is 0 Å². The number of anilines is 1. The molecule has 29 heavy (non-hydrogen) atoms. The van der Waals surface area contributed by atoms with Crippen LogP contribution in [0.5, 0.6) is 0 Å². The fourth-order valence-electron chi connectivity index (χ4n) is 4.44. The molecule has 8 nitrogen and oxygen atoms in total. The number of hydrogen-bond donors (Lipinski definition) is 1. The molecule has 0 aliphatic heterocycles. The Morgan fingerprint density at radius 2 is 1.76 bits per heavy atom. The highest BCUT2D eigenvalue weighted by atomic mass is 16.2. The molecule has 1 aliphatic carbocycles. The monoisotopic (exact) mass is 402 g/mol. The minimum Gasteiger partial charge on any atom is -0.334 e. The zero-order chi connectivity index (χ0) is 21.2. The van der Waals surface area contributed by atoms with Gasteiger partial charge in [0, 0.05) is 20.1 Å². The van der Waals surface area contributed by atoms with Crippen molar-refractivity contribution in [2.45, 2.75) is 77.4 Å². The third kappa shape index (κ3) is 4.22. The fourth-order valence-corrected chi connectivity index (χ4v) is 4.44. The van der Waals surface area contributed by atoms with Crippen molar-refractivity contribution in [1.82, 2.24) is 24.6 Å². The van der Waals surface area contributed by atoms with E-state index in [-0.39, 0.29) is 11.2 Å². The SMILES string of the molecule is CCCNC(C)(C)N(c1cc2c(=O)n(C)c(=O)n(C)c2nn1)C1CCCCCC1. The molecule has 1 saturated carbocycles. The molecule has 0 bridgehead atoms. The number of nitrogens with zero attached hydrogens (tertiary/aromatic N) is 5. The molecule has 0 aromatic carbocycles. The van der Waals surface area contributed by atoms with Gasteiger partial charge in [0.2, 0.25) is 0 Å². The van der Waals surface area contributed by atoms with E-state index in [0.29, 0.717) is 22.9 Å². The Balaban J connectivity index is 2.15. The van der Waals surface area contributed by atoms with E-state index < -0.39 is 5.69 Å². The molecule has 2 aromatic heterocycles. The molecule has 160 valence electrons. The van der Waals surface area contributed by atoms with Gasteiger partial charge in [0.15, 0.2) is 11.5 Å². The molecule has 0 unspecified atom stereocenters. The summed E-state index contributed by atoms with van der Waals surface area (Å²) < 4.78 is 2.51. The Morgan fingerprint density at radius 1 is 1.10 bits per heavy atom. The van der Waals surface area contributed by atoms with E-state index in [0.717, 1.165) is 30.4 Å². The maximum Gasteiger partial charge on any atom is 0.332 e. The van der Waals surface area contributed by atoms with Gasteiger partial charge >= 0.3 is 5.69 Å². The Hall–Kier alpha value is -2.22. The molecule has 8 heteroatoms. The number of aromatic nitrogens is 4. The van der Waals surface area contributed by atoms with Crippen LogP contribution in [-0.4, -0.2) is 37.6 Å². The van der Waals surface area contributed by atoms with E-state index in [2.05, 4.69) is 41.2 Å². The summed E-state index contributed by atoms with van der Waals surface area (Å²) in [5.41, 5.74) is -0.740. The maximum atomic E-state index is 12.8. The van der Waals surface area contributed by atoms with Gasteiger partial charge in [0.25, 0.3) is 5.56 Å². The first-order valence-electron chi connectivity index (χ1n) is 10.8. The van der Waals surface area contributed by atoms with Crippen LogP contribution in [0, 0.1) is 0 Å². The van der Waals surface area contributed by atoms with Gasteiger partial charge in [0.1, 0.15) is 0 Å². The smallest absolute Gasteiger partial charge is 0.332 e. The van der Waals surface area contributed by atoms with Crippen molar-refractivity contribution in [2.75, 3.05) is 11.4 Å². The average Bonchev–Trinajstić information content (AvgIpc) is 2.98. The predicted octanol–water partition coefficient (Wildman–Crippen LogP) is 2.29. The first-order chi connectivity index (χ1) is 13.8. The van der Waals surface area contributed by atoms with Gasteiger partial charge in [0.05, 0.1) is 11.0 Å². The second-order valence-corrected chi connectivity index (χ2v) is 8.65. The molecule has 1 N–H and O–H groups in total. The van der Waals surface area contributed by atoms with E-state index in [9.17, 15) is 9.59 Å². The van der Waals surface area contributed by atoms with Crippen LogP contribution in [-0.2, 0) is 14.1 Å². The summed E-state index contributed by atoms with van der Waals surface area (Å²) in [6.07, 6.45) is 8.15. The summed E-state index contributed by atoms with van der Waals surface area (Å²) in [4.78, 5) is 27.3. The summed E-state index contributed by atoms with van der Waals surface area (Å²) in [5.74, 6) is 0.689. The van der Waals surface area contributed by atoms with Gasteiger partial charge in [-0.05, 0) is 45.7 Å². The lowest BCUT2D eigenvalue weighted by Crippen LogP contribution is -2.59. The molecule has 0 saturated heterocycles. The summed E-state index contributed by atoms with van der Waals surface area (Å²) in [5, 5.41) is 12.9. The Kier molecular flexibility index (Phi) is 6.41. The Morgan fingerprint density at radius 3 is 2.38 bits per heavy atom. The van der Waals surface area contributed by atoms with Gasteiger partial charge in [-0.1, -0.05) is 32.6 Å². The van der Waals surface area contributed by atoms with Gasteiger partial charge in [-0.25, -0.2) is 4.79 Å². The van der Waals surface area contributed by atoms with E-state index >= 15 is 0 Å². The van der Waals surface area contributed by atoms with Crippen LogP contribution in [0.15, 0.2) is 15.7 Å². The summed E-state index contributed by atoms with van der Waals surface area (Å²) in [7, 11) is 3.12. The zero-order valence-corrected chi connectivity index (χ0v) is 18.4. The average molecular weight is 403 g/mol. The predicted molar refractivity (Wildman–Crippen MR) is 116 cm³/mol. The largest absolute Gasteiger partial charge is 0.334 e. The zero-order valence-electron chi connectivity index (χ0n) is 18.4. The van der Waals surface area contributed by atoms with Crippen molar-refractivity contribution < 1.29 is 0 Å². The molecular weight excluding hydrogens is 368 g/mol. The quantitative estimate of drug-likeness (QED) is 0.589. The lowest BCUT2D eigenvalue weighted by atomic mass is 10.0. The van der Waals surface area contributed by atoms with Crippen LogP contribution in [0.1, 0.15) is 65.7 Å². The van der Waals surface area contributed by atoms with Crippen molar-refractivity contribution in [3.63, 3.8) is 0 Å². The molecule has 0 radical (unpaired) electrons. The summed E-state index contributed by atoms with van der Waals surface area (Å²) in [6.45, 7) is 7.38. The highest BCUT2D eigenvalue weighted by Crippen LogP contribution is 2.31. The number of fused-ring (bicyclic) bond motifs is 1. The van der Waals surface area contributed by atoms with Crippen molar-refractivity contribution in [1.29, 1.82) is 0 Å². The molecule has 2 aromatic rings. The molecule has 1 fully saturated rings. The van der Waals surface area contributed by atoms with E-state index in [1.165, 1.54) is 37.3 Å². The number of nitrogens with one attached hydrogen (secondary N) is 1. The van der Waals surface area contributed by atoms with Gasteiger partial charge in [-0.2, -0.15) is 0 Å². The van der Waals surface area contributed by atoms with Gasteiger partial charge < -0.3 is 4.90 Å². The second-order valence-electron chi connectivity index (χ2n) is 8.65. The minimum atomic E-state index is -0.393. The van der Waals surface area contributed by atoms with E-state index in [4.69, 9.17) is 0 Å². The normalized spacial score (nSPS) is 16.2. The van der Waals surface area contributed by atoms with E-state index in [1.54, 1.807) is 7.05 Å². The molecule has 3 rings (SSSR count). The molecule has 0 atom stereocenters. The van der Waals surface area contributed by atoms with Crippen LogP contribution in [0.25, 0.3) is 11.0 Å². The summed E-state index contributed by atoms with van der Waals surface area (Å²) in [6, 6.07) is 2.14. The Bertz CT molecular complexity index is 970. The second kappa shape index (κ2) is 8.65. The lowest BCUT2D eigenvalue weighted by Gasteiger charge is -2.45. The molecule has 2 heterocycles. The highest BCUT2D eigenvalue weighted by Gasteiger charge is 2.34. The number of hydrogen-bond acceptors (Lipinski definition) is 6. The number of aryl methyl sites for hydroxylation is 1. The third-order valence-electron chi connectivity index (χ3n) is 6.03. The van der Waals surface area contributed by atoms with Crippen molar-refractivity contribution in [3.05, 3.63) is 26.9 Å². The standard InChI is InChI=1S/C21H34N6O2/c1-6-13-22-21(2,3)27(15-11-9-7-8-10-12-15)17-14-16-18(24-23-17)25(4)20(29)26(5)19(16)28/h14-15,22H,6-13H2,1-5H3. The van der Waals surface area contributed by atoms with Gasteiger partial charge in [-0.3, -0.25) is 19.2 Å². The minimum absolute atomic E-state index is 0.321. The van der Waals surface area contributed by atoms with Gasteiger partial charge in [-0.15, -0.1) is 10.2 Å². The molecule has 0 amide bonds. The van der Waals surface area contributed by atoms with Crippen LogP contribution < -0.4 is 21.5 Å². The topological polar surface area (TPSA) is 85.0 Å². The molecule has 1 aliphatic rings. The molecular formula is C21H34N6O2. The highest BCUT2D eigenvalue weighted by molar-refractivity contribution is 5.76. The van der Waals surface area contributed by atoms with Crippen molar-refractivity contribution in [3.8, 4) is 0 Å². The van der Waals surface area contributed by atoms with Crippen LogP contribution in [0.4, 0.5) is 5.82 Å². The van der Waals surface area contributed by atoms with Crippen molar-refractivity contribution >= 4 is 16.9 Å². The van der Waals surface area contributed by atoms with E-state index in [1.807, 2.05) is 6.07 Å². The summed E-state index contributed by atoms with van der Waals surface area (Å²) >= 11 is 0. The Labute approximate surface area is 171 Å². The fraction of sp³-hybridized carbons (Fsp3) is 0.714. The van der Waals surface area contributed by atoms with Crippen LogP contribution >= 0.6 is 0 Å². The maximum absolute atomic E-state index is 12.8. The number of rotatable bonds is 6. The first-order valence-corrected chi connectivity index (χ1v) is 10.8.